The van der Waals surface area contributed by atoms with E-state index in [-0.39, 0.29) is 48.9 Å². The Morgan fingerprint density at radius 2 is 1.14 bits per heavy atom. The fourth-order valence-corrected chi connectivity index (χ4v) is 12.0. The van der Waals surface area contributed by atoms with E-state index < -0.39 is 34.2 Å². The number of β-lactam (4-membered cyclic amide) rings is 1. The third kappa shape index (κ3) is 8.99. The summed E-state index contributed by atoms with van der Waals surface area (Å²) in [6.07, 6.45) is 0.0854. The average Bonchev–Trinajstić information content (AvgIpc) is 3.22. The fourth-order valence-electron chi connectivity index (χ4n) is 6.26. The van der Waals surface area contributed by atoms with Crippen LogP contribution in [0.4, 0.5) is 16.2 Å². The fraction of sp³-hybridized carbons (Fsp3) is 0.171. The van der Waals surface area contributed by atoms with Gasteiger partial charge in [-0.2, -0.15) is 0 Å². The van der Waals surface area contributed by atoms with Gasteiger partial charge in [-0.05, 0) is 63.5 Å². The van der Waals surface area contributed by atoms with Crippen LogP contribution in [-0.2, 0) is 32.3 Å². The molecule has 286 valence electrons. The normalized spacial score (nSPS) is 13.6. The lowest BCUT2D eigenvalue weighted by molar-refractivity contribution is -0.385. The number of alkyl carbamates (subject to hydrolysis) is 1. The molecule has 56 heavy (non-hydrogen) atoms. The van der Waals surface area contributed by atoms with E-state index in [0.717, 1.165) is 15.9 Å². The van der Waals surface area contributed by atoms with Crippen molar-refractivity contribution in [2.45, 2.75) is 31.4 Å². The molecule has 1 saturated heterocycles. The number of nitrogens with zero attached hydrogens (tertiary/aromatic N) is 3. The molecule has 0 unspecified atom stereocenters. The number of carbonyl (C=O) groups excluding carboxylic acids is 3. The maximum absolute atomic E-state index is 14.8. The third-order valence-corrected chi connectivity index (χ3v) is 14.5. The number of thioether (sulfide) groups is 1. The Morgan fingerprint density at radius 1 is 0.696 bits per heavy atom. The molecule has 1 fully saturated rings. The second-order valence-corrected chi connectivity index (χ2v) is 17.2. The number of nitrogens with one attached hydrogen (secondary N) is 1. The summed E-state index contributed by atoms with van der Waals surface area (Å²) in [5, 5.41) is 27.0. The summed E-state index contributed by atoms with van der Waals surface area (Å²) in [5.41, 5.74) is 1.24. The first-order chi connectivity index (χ1) is 27.2. The van der Waals surface area contributed by atoms with Gasteiger partial charge in [-0.25, -0.2) is 9.59 Å². The quantitative estimate of drug-likeness (QED) is 0.0300. The molecule has 0 radical (unpaired) electrons. The zero-order valence-electron chi connectivity index (χ0n) is 30.0. The minimum absolute atomic E-state index is 0.0499. The highest BCUT2D eigenvalue weighted by atomic mass is 32.2. The lowest BCUT2D eigenvalue weighted by Gasteiger charge is -2.44. The molecule has 13 nitrogen and oxygen atoms in total. The van der Waals surface area contributed by atoms with Crippen LogP contribution in [0.2, 0.25) is 0 Å². The molecule has 5 aromatic rings. The number of amides is 2. The Hall–Kier alpha value is -6.24. The molecule has 1 aliphatic heterocycles. The molecule has 15 heteroatoms. The van der Waals surface area contributed by atoms with Gasteiger partial charge in [0.15, 0.2) is 0 Å². The molecule has 0 bridgehead atoms. The van der Waals surface area contributed by atoms with Crippen LogP contribution in [0, 0.1) is 20.2 Å². The Bertz CT molecular complexity index is 2140. The number of benzene rings is 5. The molecule has 1 aliphatic rings. The van der Waals surface area contributed by atoms with E-state index in [1.54, 1.807) is 4.90 Å². The van der Waals surface area contributed by atoms with E-state index in [4.69, 9.17) is 9.47 Å². The van der Waals surface area contributed by atoms with Crippen molar-refractivity contribution >= 4 is 69.3 Å². The summed E-state index contributed by atoms with van der Waals surface area (Å²) < 4.78 is 11.3. The first-order valence-electron chi connectivity index (χ1n) is 17.6. The highest BCUT2D eigenvalue weighted by molar-refractivity contribution is 8.00. The summed E-state index contributed by atoms with van der Waals surface area (Å²) in [5.74, 6) is -0.371. The molecule has 0 aromatic heterocycles. The van der Waals surface area contributed by atoms with E-state index in [0.29, 0.717) is 23.3 Å². The van der Waals surface area contributed by atoms with Crippen LogP contribution in [-0.4, -0.2) is 55.8 Å². The Kier molecular flexibility index (Phi) is 13.0. The topological polar surface area (TPSA) is 171 Å². The van der Waals surface area contributed by atoms with Crippen molar-refractivity contribution in [3.8, 4) is 0 Å². The molecule has 0 aliphatic carbocycles. The molecule has 5 aromatic carbocycles. The van der Waals surface area contributed by atoms with Crippen LogP contribution in [0.15, 0.2) is 140 Å². The number of esters is 1. The maximum Gasteiger partial charge on any atom is 0.407 e. The van der Waals surface area contributed by atoms with Crippen molar-refractivity contribution in [1.82, 2.24) is 10.2 Å². The zero-order chi connectivity index (χ0) is 39.5. The molecular weight excluding hydrogens is 756 g/mol. The summed E-state index contributed by atoms with van der Waals surface area (Å²) in [6, 6.07) is 40.4. The number of nitro benzene ring substituents is 2. The van der Waals surface area contributed by atoms with Crippen LogP contribution in [0.25, 0.3) is 0 Å². The number of rotatable bonds is 16. The number of carbonyl (C=O) groups is 3. The lowest BCUT2D eigenvalue weighted by Crippen LogP contribution is -2.58. The standard InChI is InChI=1S/C41H37N4O9PS/c46-37-27-38(56-26-10-25-42-41(48)54-29-31-19-23-33(24-20-31)45(51)52)43(37)39(40(47)53-28-30-17-21-32(22-18-30)44(49)50)55(34-11-4-1-5-12-34,35-13-6-2-7-14-35)36-15-8-3-9-16-36/h1-9,11-24,38H,10,25-29H2,(H,42,48)/t38-/m0/s1. The largest absolute Gasteiger partial charge is 0.456 e. The van der Waals surface area contributed by atoms with Gasteiger partial charge in [0.25, 0.3) is 11.4 Å². The number of nitro groups is 2. The third-order valence-electron chi connectivity index (χ3n) is 9.00. The Morgan fingerprint density at radius 3 is 1.57 bits per heavy atom. The summed E-state index contributed by atoms with van der Waals surface area (Å²) in [6.45, 7) is -3.06. The summed E-state index contributed by atoms with van der Waals surface area (Å²) in [7, 11) is 0. The SMILES string of the molecule is O=C(NCCCS[C@H]1CC(=O)N1C(C(=O)OCc1ccc([N+](=O)[O-])cc1)=P(c1ccccc1)(c1ccccc1)c1ccccc1)OCc1ccc([N+](=O)[O-])cc1. The number of hydrogen-bond acceptors (Lipinski definition) is 10. The molecule has 0 saturated carbocycles. The van der Waals surface area contributed by atoms with Crippen molar-refractivity contribution in [2.24, 2.45) is 0 Å². The summed E-state index contributed by atoms with van der Waals surface area (Å²) in [4.78, 5) is 63.7. The van der Waals surface area contributed by atoms with Crippen molar-refractivity contribution in [3.63, 3.8) is 0 Å². The Balaban J connectivity index is 1.27. The number of hydrogen-bond donors (Lipinski definition) is 1. The van der Waals surface area contributed by atoms with Gasteiger partial charge in [0.1, 0.15) is 18.6 Å². The molecule has 0 spiro atoms. The average molecular weight is 793 g/mol. The van der Waals surface area contributed by atoms with Crippen LogP contribution in [0.1, 0.15) is 24.0 Å². The highest BCUT2D eigenvalue weighted by Crippen LogP contribution is 2.49. The van der Waals surface area contributed by atoms with E-state index in [9.17, 15) is 34.6 Å². The van der Waals surface area contributed by atoms with Crippen molar-refractivity contribution in [1.29, 1.82) is 0 Å². The number of likely N-dealkylation sites (tertiary alicyclic amines) is 1. The minimum Gasteiger partial charge on any atom is -0.456 e. The number of ether oxygens (including phenoxy) is 2. The van der Waals surface area contributed by atoms with Gasteiger partial charge in [0.05, 0.1) is 21.6 Å². The van der Waals surface area contributed by atoms with E-state index in [1.165, 1.54) is 60.3 Å². The minimum atomic E-state index is -3.12. The highest BCUT2D eigenvalue weighted by Gasteiger charge is 2.47. The summed E-state index contributed by atoms with van der Waals surface area (Å²) >= 11 is 1.49. The second-order valence-electron chi connectivity index (χ2n) is 12.6. The molecule has 1 heterocycles. The second kappa shape index (κ2) is 18.4. The lowest BCUT2D eigenvalue weighted by atomic mass is 10.2. The molecular formula is C41H37N4O9PS. The predicted octanol–water partition coefficient (Wildman–Crippen LogP) is 6.28. The van der Waals surface area contributed by atoms with E-state index in [2.05, 4.69) is 5.32 Å². The number of non-ortho nitro benzene ring substituents is 2. The van der Waals surface area contributed by atoms with Gasteiger partial charge in [-0.1, -0.05) is 91.0 Å². The van der Waals surface area contributed by atoms with E-state index in [1.807, 2.05) is 91.0 Å². The van der Waals surface area contributed by atoms with E-state index >= 15 is 0 Å². The van der Waals surface area contributed by atoms with Crippen LogP contribution >= 0.6 is 18.6 Å². The zero-order valence-corrected chi connectivity index (χ0v) is 31.7. The first kappa shape index (κ1) is 39.5. The molecule has 6 rings (SSSR count). The first-order valence-corrected chi connectivity index (χ1v) is 20.4. The van der Waals surface area contributed by atoms with Gasteiger partial charge >= 0.3 is 12.1 Å². The monoisotopic (exact) mass is 792 g/mol. The van der Waals surface area contributed by atoms with Gasteiger partial charge < -0.3 is 14.8 Å². The van der Waals surface area contributed by atoms with Crippen molar-refractivity contribution in [3.05, 3.63) is 171 Å². The van der Waals surface area contributed by atoms with Crippen molar-refractivity contribution < 1.29 is 33.7 Å². The molecule has 1 N–H and O–H groups in total. The predicted molar refractivity (Wildman–Crippen MR) is 217 cm³/mol. The molecule has 1 atom stereocenters. The maximum atomic E-state index is 14.8. The van der Waals surface area contributed by atoms with Gasteiger partial charge in [-0.3, -0.25) is 29.9 Å². The van der Waals surface area contributed by atoms with Gasteiger partial charge in [0, 0.05) is 37.7 Å². The smallest absolute Gasteiger partial charge is 0.407 e. The van der Waals surface area contributed by atoms with Crippen molar-refractivity contribution in [2.75, 3.05) is 12.3 Å². The van der Waals surface area contributed by atoms with Crippen LogP contribution in [0.5, 0.6) is 0 Å². The molecule has 2 amide bonds. The van der Waals surface area contributed by atoms with Gasteiger partial charge in [0.2, 0.25) is 5.91 Å². The van der Waals surface area contributed by atoms with Crippen LogP contribution < -0.4 is 21.2 Å². The van der Waals surface area contributed by atoms with Gasteiger partial charge in [-0.15, -0.1) is 11.8 Å². The Labute approximate surface area is 326 Å². The van der Waals surface area contributed by atoms with Crippen LogP contribution in [0.3, 0.4) is 0 Å².